The molecule has 2 amide bonds. The summed E-state index contributed by atoms with van der Waals surface area (Å²) in [7, 11) is -3.80. The van der Waals surface area contributed by atoms with Crippen LogP contribution in [-0.4, -0.2) is 73.6 Å². The molecular formula is C27H28N4O6S3. The van der Waals surface area contributed by atoms with Crippen LogP contribution in [0.4, 0.5) is 9.93 Å². The van der Waals surface area contributed by atoms with Crippen LogP contribution in [0.2, 0.25) is 0 Å². The number of hydrogen-bond acceptors (Lipinski definition) is 9. The number of sulfonamides is 1. The Morgan fingerprint density at radius 3 is 2.50 bits per heavy atom. The molecule has 3 heterocycles. The summed E-state index contributed by atoms with van der Waals surface area (Å²) in [4.78, 5) is 34.6. The number of furan rings is 1. The van der Waals surface area contributed by atoms with Gasteiger partial charge in [0.1, 0.15) is 5.76 Å². The highest BCUT2D eigenvalue weighted by atomic mass is 32.2. The number of amides is 2. The molecule has 13 heteroatoms. The van der Waals surface area contributed by atoms with Gasteiger partial charge in [0.25, 0.3) is 5.91 Å². The first-order chi connectivity index (χ1) is 19.3. The van der Waals surface area contributed by atoms with E-state index in [0.29, 0.717) is 16.5 Å². The maximum absolute atomic E-state index is 13.7. The largest absolute Gasteiger partial charge is 0.467 e. The number of hydrogen-bond donors (Lipinski definition) is 0. The molecule has 4 aromatic rings. The lowest BCUT2D eigenvalue weighted by atomic mass is 10.2. The van der Waals surface area contributed by atoms with E-state index in [-0.39, 0.29) is 50.1 Å². The van der Waals surface area contributed by atoms with Gasteiger partial charge in [-0.25, -0.2) is 18.2 Å². The molecule has 0 N–H and O–H groups in total. The van der Waals surface area contributed by atoms with Crippen molar-refractivity contribution < 1.29 is 27.2 Å². The lowest BCUT2D eigenvalue weighted by Gasteiger charge is -2.33. The van der Waals surface area contributed by atoms with Gasteiger partial charge in [0.2, 0.25) is 10.0 Å². The first-order valence-corrected chi connectivity index (χ1v) is 16.1. The molecule has 1 fully saturated rings. The van der Waals surface area contributed by atoms with Crippen LogP contribution >= 0.6 is 23.1 Å². The molecule has 1 aliphatic rings. The number of benzene rings is 2. The molecule has 2 aromatic carbocycles. The predicted molar refractivity (Wildman–Crippen MR) is 154 cm³/mol. The van der Waals surface area contributed by atoms with Crippen molar-refractivity contribution in [1.29, 1.82) is 0 Å². The van der Waals surface area contributed by atoms with E-state index in [4.69, 9.17) is 14.1 Å². The number of ether oxygens (including phenoxy) is 1. The van der Waals surface area contributed by atoms with Crippen molar-refractivity contribution in [2.75, 3.05) is 43.9 Å². The molecule has 40 heavy (non-hydrogen) atoms. The van der Waals surface area contributed by atoms with Crippen LogP contribution in [-0.2, 0) is 21.3 Å². The lowest BCUT2D eigenvalue weighted by Crippen LogP contribution is -2.50. The molecule has 0 bridgehead atoms. The van der Waals surface area contributed by atoms with E-state index in [1.165, 1.54) is 44.8 Å². The summed E-state index contributed by atoms with van der Waals surface area (Å²) in [5, 5.41) is 0.519. The maximum Gasteiger partial charge on any atom is 0.409 e. The average Bonchev–Trinajstić information content (AvgIpc) is 3.65. The van der Waals surface area contributed by atoms with E-state index in [0.717, 1.165) is 15.1 Å². The van der Waals surface area contributed by atoms with E-state index in [1.54, 1.807) is 42.0 Å². The molecule has 2 aromatic heterocycles. The van der Waals surface area contributed by atoms with Crippen LogP contribution in [0.25, 0.3) is 10.2 Å². The smallest absolute Gasteiger partial charge is 0.409 e. The molecule has 1 aliphatic heterocycles. The van der Waals surface area contributed by atoms with Crippen molar-refractivity contribution in [2.45, 2.75) is 23.3 Å². The van der Waals surface area contributed by atoms with Crippen LogP contribution < -0.4 is 4.90 Å². The SMILES string of the molecule is CCOC(=O)N1CCN(S(=O)(=O)c2ccc(C(=O)N(Cc3ccco3)c3nc4ccc(SC)cc4s3)cc2)CC1. The fourth-order valence-corrected chi connectivity index (χ4v) is 7.26. The van der Waals surface area contributed by atoms with Crippen molar-refractivity contribution >= 4 is 60.5 Å². The Labute approximate surface area is 240 Å². The van der Waals surface area contributed by atoms with Gasteiger partial charge in [-0.2, -0.15) is 4.31 Å². The molecule has 10 nitrogen and oxygen atoms in total. The number of carbonyl (C=O) groups is 2. The molecular weight excluding hydrogens is 573 g/mol. The van der Waals surface area contributed by atoms with Crippen molar-refractivity contribution in [3.05, 3.63) is 72.2 Å². The Morgan fingerprint density at radius 1 is 1.10 bits per heavy atom. The summed E-state index contributed by atoms with van der Waals surface area (Å²) in [6.45, 7) is 2.98. The number of rotatable bonds is 8. The van der Waals surface area contributed by atoms with Gasteiger partial charge < -0.3 is 14.1 Å². The third-order valence-electron chi connectivity index (χ3n) is 6.46. The summed E-state index contributed by atoms with van der Waals surface area (Å²) >= 11 is 3.04. The van der Waals surface area contributed by atoms with E-state index in [1.807, 2.05) is 24.5 Å². The summed E-state index contributed by atoms with van der Waals surface area (Å²) in [6, 6.07) is 15.4. The van der Waals surface area contributed by atoms with E-state index < -0.39 is 16.1 Å². The van der Waals surface area contributed by atoms with Crippen LogP contribution in [0.1, 0.15) is 23.0 Å². The molecule has 0 unspecified atom stereocenters. The molecule has 0 atom stereocenters. The van der Waals surface area contributed by atoms with Crippen LogP contribution in [0.15, 0.2) is 75.1 Å². The molecule has 0 spiro atoms. The van der Waals surface area contributed by atoms with Gasteiger partial charge in [-0.3, -0.25) is 9.69 Å². The maximum atomic E-state index is 13.7. The topological polar surface area (TPSA) is 113 Å². The monoisotopic (exact) mass is 600 g/mol. The van der Waals surface area contributed by atoms with Crippen molar-refractivity contribution in [2.24, 2.45) is 0 Å². The highest BCUT2D eigenvalue weighted by Gasteiger charge is 2.31. The van der Waals surface area contributed by atoms with Gasteiger partial charge in [-0.15, -0.1) is 11.8 Å². The lowest BCUT2D eigenvalue weighted by molar-refractivity contribution is 0.0933. The van der Waals surface area contributed by atoms with Gasteiger partial charge in [0.15, 0.2) is 5.13 Å². The second-order valence-electron chi connectivity index (χ2n) is 8.92. The van der Waals surface area contributed by atoms with Gasteiger partial charge in [-0.1, -0.05) is 11.3 Å². The minimum atomic E-state index is -3.80. The Bertz CT molecular complexity index is 1590. The quantitative estimate of drug-likeness (QED) is 0.262. The number of nitrogens with zero attached hydrogens (tertiary/aromatic N) is 4. The van der Waals surface area contributed by atoms with Gasteiger partial charge in [0.05, 0.1) is 34.5 Å². The first kappa shape index (κ1) is 28.1. The Balaban J connectivity index is 1.36. The van der Waals surface area contributed by atoms with Crippen LogP contribution in [0.3, 0.4) is 0 Å². The number of carbonyl (C=O) groups excluding carboxylic acids is 2. The number of thioether (sulfide) groups is 1. The first-order valence-electron chi connectivity index (χ1n) is 12.6. The second-order valence-corrected chi connectivity index (χ2v) is 12.7. The molecule has 1 saturated heterocycles. The zero-order valence-electron chi connectivity index (χ0n) is 22.0. The zero-order chi connectivity index (χ0) is 28.3. The standard InChI is InChI=1S/C27H28N4O6S3/c1-3-36-27(33)29-12-14-30(15-13-29)40(34,35)22-9-6-19(7-10-22)25(32)31(18-20-5-4-16-37-20)26-28-23-11-8-21(38-2)17-24(23)39-26/h4-11,16-17H,3,12-15,18H2,1-2H3. The minimum absolute atomic E-state index is 0.0794. The Hall–Kier alpha value is -3.39. The number of piperazine rings is 1. The van der Waals surface area contributed by atoms with E-state index >= 15 is 0 Å². The highest BCUT2D eigenvalue weighted by Crippen LogP contribution is 2.33. The van der Waals surface area contributed by atoms with Crippen molar-refractivity contribution in [1.82, 2.24) is 14.2 Å². The van der Waals surface area contributed by atoms with Crippen molar-refractivity contribution in [3.63, 3.8) is 0 Å². The van der Waals surface area contributed by atoms with Gasteiger partial charge in [0, 0.05) is 36.6 Å². The number of anilines is 1. The minimum Gasteiger partial charge on any atom is -0.467 e. The van der Waals surface area contributed by atoms with Crippen LogP contribution in [0, 0.1) is 0 Å². The summed E-state index contributed by atoms with van der Waals surface area (Å²) < 4.78 is 39.3. The normalized spacial score (nSPS) is 14.4. The summed E-state index contributed by atoms with van der Waals surface area (Å²) in [6.07, 6.45) is 3.11. The fourth-order valence-electron chi connectivity index (χ4n) is 4.32. The van der Waals surface area contributed by atoms with E-state index in [9.17, 15) is 18.0 Å². The second kappa shape index (κ2) is 12.0. The Morgan fingerprint density at radius 2 is 1.85 bits per heavy atom. The van der Waals surface area contributed by atoms with Gasteiger partial charge >= 0.3 is 6.09 Å². The molecule has 210 valence electrons. The molecule has 0 aliphatic carbocycles. The summed E-state index contributed by atoms with van der Waals surface area (Å²) in [5.74, 6) is 0.270. The number of thiazole rings is 1. The fraction of sp³-hybridized carbons (Fsp3) is 0.296. The molecule has 0 saturated carbocycles. The number of aromatic nitrogens is 1. The highest BCUT2D eigenvalue weighted by molar-refractivity contribution is 7.98. The van der Waals surface area contributed by atoms with Crippen molar-refractivity contribution in [3.8, 4) is 0 Å². The molecule has 0 radical (unpaired) electrons. The third-order valence-corrected chi connectivity index (χ3v) is 10.1. The predicted octanol–water partition coefficient (Wildman–Crippen LogP) is 4.92. The van der Waals surface area contributed by atoms with E-state index in [2.05, 4.69) is 0 Å². The third kappa shape index (κ3) is 5.87. The number of fused-ring (bicyclic) bond motifs is 1. The van der Waals surface area contributed by atoms with Gasteiger partial charge in [-0.05, 0) is 67.8 Å². The zero-order valence-corrected chi connectivity index (χ0v) is 24.4. The molecule has 5 rings (SSSR count). The average molecular weight is 601 g/mol. The Kier molecular flexibility index (Phi) is 8.45. The summed E-state index contributed by atoms with van der Waals surface area (Å²) in [5.41, 5.74) is 1.11. The van der Waals surface area contributed by atoms with Crippen LogP contribution in [0.5, 0.6) is 0 Å².